The second-order valence-electron chi connectivity index (χ2n) is 6.81. The summed E-state index contributed by atoms with van der Waals surface area (Å²) in [5.41, 5.74) is 2.04. The molecule has 26 heavy (non-hydrogen) atoms. The number of esters is 1. The molecular formula is C19H24BrClN2O3. The lowest BCUT2D eigenvalue weighted by molar-refractivity contribution is -0.145. The highest BCUT2D eigenvalue weighted by Gasteiger charge is 2.21. The number of rotatable bonds is 6. The van der Waals surface area contributed by atoms with E-state index in [-0.39, 0.29) is 18.1 Å². The van der Waals surface area contributed by atoms with Crippen LogP contribution in [0.3, 0.4) is 0 Å². The van der Waals surface area contributed by atoms with Crippen LogP contribution in [0, 0.1) is 5.92 Å². The van der Waals surface area contributed by atoms with E-state index in [4.69, 9.17) is 21.1 Å². The van der Waals surface area contributed by atoms with Crippen LogP contribution in [0.2, 0.25) is 5.02 Å². The summed E-state index contributed by atoms with van der Waals surface area (Å²) in [5, 5.41) is 6.30. The highest BCUT2D eigenvalue weighted by molar-refractivity contribution is 9.10. The maximum atomic E-state index is 11.5. The van der Waals surface area contributed by atoms with Crippen molar-refractivity contribution in [3.05, 3.63) is 27.3 Å². The van der Waals surface area contributed by atoms with Crippen LogP contribution in [0.1, 0.15) is 50.8 Å². The minimum atomic E-state index is -0.167. The summed E-state index contributed by atoms with van der Waals surface area (Å²) in [6.07, 6.45) is 7.50. The zero-order valence-corrected chi connectivity index (χ0v) is 17.5. The molecule has 1 aromatic heterocycles. The number of carbonyl (C=O) groups excluding carboxylic acids is 1. The predicted molar refractivity (Wildman–Crippen MR) is 105 cm³/mol. The minimum absolute atomic E-state index is 0.0176. The molecule has 1 aromatic carbocycles. The smallest absolute Gasteiger partial charge is 0.308 e. The average molecular weight is 444 g/mol. The Morgan fingerprint density at radius 1 is 1.54 bits per heavy atom. The number of aromatic nitrogens is 2. The van der Waals surface area contributed by atoms with E-state index in [1.807, 2.05) is 23.9 Å². The van der Waals surface area contributed by atoms with Crippen molar-refractivity contribution < 1.29 is 14.3 Å². The summed E-state index contributed by atoms with van der Waals surface area (Å²) in [7, 11) is 1.42. The van der Waals surface area contributed by atoms with Crippen LogP contribution in [0.25, 0.3) is 10.9 Å². The van der Waals surface area contributed by atoms with Crippen molar-refractivity contribution in [2.24, 2.45) is 5.92 Å². The van der Waals surface area contributed by atoms with E-state index in [9.17, 15) is 4.79 Å². The fourth-order valence-corrected chi connectivity index (χ4v) is 4.56. The SMILES string of the molecule is COC(=O)C(C)CCCc1c(Cl)cc2c(cnn2C2CCCCO2)c1Br. The normalized spacial score (nSPS) is 18.8. The number of ether oxygens (including phenoxy) is 2. The molecule has 1 fully saturated rings. The standard InChI is InChI=1S/C19H24BrClN2O3/c1-12(19(24)25-2)6-5-7-13-15(21)10-16-14(18(13)20)11-22-23(16)17-8-3-4-9-26-17/h10-12,17H,3-9H2,1-2H3. The summed E-state index contributed by atoms with van der Waals surface area (Å²) in [6, 6.07) is 1.98. The van der Waals surface area contributed by atoms with Gasteiger partial charge in [-0.3, -0.25) is 4.79 Å². The van der Waals surface area contributed by atoms with E-state index in [2.05, 4.69) is 21.0 Å². The molecule has 2 heterocycles. The van der Waals surface area contributed by atoms with Gasteiger partial charge in [-0.05, 0) is 66.1 Å². The van der Waals surface area contributed by atoms with Gasteiger partial charge in [0.25, 0.3) is 0 Å². The van der Waals surface area contributed by atoms with Gasteiger partial charge in [-0.2, -0.15) is 5.10 Å². The van der Waals surface area contributed by atoms with E-state index >= 15 is 0 Å². The van der Waals surface area contributed by atoms with Gasteiger partial charge in [0.1, 0.15) is 0 Å². The lowest BCUT2D eigenvalue weighted by Crippen LogP contribution is -2.19. The number of carbonyl (C=O) groups is 1. The molecule has 2 unspecified atom stereocenters. The Morgan fingerprint density at radius 2 is 2.35 bits per heavy atom. The number of halogens is 2. The fourth-order valence-electron chi connectivity index (χ4n) is 3.44. The highest BCUT2D eigenvalue weighted by atomic mass is 79.9. The molecule has 0 saturated carbocycles. The Hall–Kier alpha value is -1.11. The Bertz CT molecular complexity index is 787. The maximum Gasteiger partial charge on any atom is 0.308 e. The summed E-state index contributed by atoms with van der Waals surface area (Å²) in [4.78, 5) is 11.5. The third-order valence-corrected chi connectivity index (χ3v) is 6.23. The van der Waals surface area contributed by atoms with Crippen molar-refractivity contribution in [2.75, 3.05) is 13.7 Å². The number of methoxy groups -OCH3 is 1. The molecule has 0 bridgehead atoms. The largest absolute Gasteiger partial charge is 0.469 e. The quantitative estimate of drug-likeness (QED) is 0.570. The second-order valence-corrected chi connectivity index (χ2v) is 8.01. The Kier molecular flexibility index (Phi) is 6.59. The minimum Gasteiger partial charge on any atom is -0.469 e. The van der Waals surface area contributed by atoms with Gasteiger partial charge in [0.15, 0.2) is 6.23 Å². The molecule has 0 amide bonds. The molecule has 1 saturated heterocycles. The zero-order chi connectivity index (χ0) is 18.7. The van der Waals surface area contributed by atoms with Crippen LogP contribution in [0.15, 0.2) is 16.7 Å². The van der Waals surface area contributed by atoms with Crippen LogP contribution in [-0.2, 0) is 20.7 Å². The number of benzene rings is 1. The molecule has 0 radical (unpaired) electrons. The Labute approximate surface area is 167 Å². The van der Waals surface area contributed by atoms with Gasteiger partial charge in [0.2, 0.25) is 0 Å². The first-order chi connectivity index (χ1) is 12.5. The first-order valence-corrected chi connectivity index (χ1v) is 10.2. The molecule has 1 aliphatic rings. The molecule has 5 nitrogen and oxygen atoms in total. The first kappa shape index (κ1) is 19.6. The average Bonchev–Trinajstić information content (AvgIpc) is 3.08. The van der Waals surface area contributed by atoms with Crippen LogP contribution in [-0.4, -0.2) is 29.5 Å². The van der Waals surface area contributed by atoms with Crippen molar-refractivity contribution in [2.45, 2.75) is 51.7 Å². The lowest BCUT2D eigenvalue weighted by atomic mass is 10.0. The molecule has 0 N–H and O–H groups in total. The van der Waals surface area contributed by atoms with Crippen LogP contribution in [0.5, 0.6) is 0 Å². The zero-order valence-electron chi connectivity index (χ0n) is 15.1. The molecule has 142 valence electrons. The third kappa shape index (κ3) is 4.07. The molecule has 1 aliphatic heterocycles. The number of fused-ring (bicyclic) bond motifs is 1. The highest BCUT2D eigenvalue weighted by Crippen LogP contribution is 2.36. The van der Waals surface area contributed by atoms with Gasteiger partial charge in [-0.15, -0.1) is 0 Å². The van der Waals surface area contributed by atoms with Gasteiger partial charge in [-0.1, -0.05) is 18.5 Å². The summed E-state index contributed by atoms with van der Waals surface area (Å²) >= 11 is 10.3. The Balaban J connectivity index is 1.78. The molecule has 0 spiro atoms. The van der Waals surface area contributed by atoms with E-state index in [1.165, 1.54) is 7.11 Å². The molecule has 3 rings (SSSR count). The number of hydrogen-bond acceptors (Lipinski definition) is 4. The van der Waals surface area contributed by atoms with Crippen LogP contribution in [0.4, 0.5) is 0 Å². The van der Waals surface area contributed by atoms with Crippen molar-refractivity contribution in [3.63, 3.8) is 0 Å². The van der Waals surface area contributed by atoms with Gasteiger partial charge >= 0.3 is 5.97 Å². The fraction of sp³-hybridized carbons (Fsp3) is 0.579. The van der Waals surface area contributed by atoms with E-state index in [0.717, 1.165) is 66.1 Å². The predicted octanol–water partition coefficient (Wildman–Crippen LogP) is 5.28. The van der Waals surface area contributed by atoms with Gasteiger partial charge in [0.05, 0.1) is 24.7 Å². The lowest BCUT2D eigenvalue weighted by Gasteiger charge is -2.23. The molecule has 2 atom stereocenters. The Morgan fingerprint density at radius 3 is 3.04 bits per heavy atom. The molecule has 2 aromatic rings. The van der Waals surface area contributed by atoms with Gasteiger partial charge < -0.3 is 9.47 Å². The first-order valence-electron chi connectivity index (χ1n) is 9.06. The van der Waals surface area contributed by atoms with Crippen LogP contribution < -0.4 is 0 Å². The van der Waals surface area contributed by atoms with Gasteiger partial charge in [0, 0.05) is 21.5 Å². The van der Waals surface area contributed by atoms with Gasteiger partial charge in [-0.25, -0.2) is 4.68 Å². The number of nitrogens with zero attached hydrogens (tertiary/aromatic N) is 2. The van der Waals surface area contributed by atoms with Crippen LogP contribution >= 0.6 is 27.5 Å². The number of hydrogen-bond donors (Lipinski definition) is 0. The summed E-state index contributed by atoms with van der Waals surface area (Å²) in [6.45, 7) is 2.66. The summed E-state index contributed by atoms with van der Waals surface area (Å²) < 4.78 is 13.6. The molecule has 7 heteroatoms. The summed E-state index contributed by atoms with van der Waals surface area (Å²) in [5.74, 6) is -0.271. The monoisotopic (exact) mass is 442 g/mol. The van der Waals surface area contributed by atoms with E-state index in [0.29, 0.717) is 5.02 Å². The van der Waals surface area contributed by atoms with Crippen molar-refractivity contribution in [1.82, 2.24) is 9.78 Å². The van der Waals surface area contributed by atoms with Crippen molar-refractivity contribution in [3.8, 4) is 0 Å². The van der Waals surface area contributed by atoms with E-state index < -0.39 is 0 Å². The maximum absolute atomic E-state index is 11.5. The second kappa shape index (κ2) is 8.72. The van der Waals surface area contributed by atoms with Crippen molar-refractivity contribution in [1.29, 1.82) is 0 Å². The third-order valence-electron chi connectivity index (χ3n) is 4.98. The van der Waals surface area contributed by atoms with E-state index in [1.54, 1.807) is 0 Å². The van der Waals surface area contributed by atoms with Crippen molar-refractivity contribution >= 4 is 44.4 Å². The molecular weight excluding hydrogens is 420 g/mol. The molecule has 0 aliphatic carbocycles. The topological polar surface area (TPSA) is 53.3 Å².